The molecular weight excluding hydrogens is 214 g/mol. The van der Waals surface area contributed by atoms with Crippen molar-refractivity contribution in [3.05, 3.63) is 33.5 Å². The van der Waals surface area contributed by atoms with Crippen molar-refractivity contribution in [3.63, 3.8) is 0 Å². The van der Waals surface area contributed by atoms with Crippen LogP contribution >= 0.6 is 22.9 Å². The van der Waals surface area contributed by atoms with Gasteiger partial charge in [0.15, 0.2) is 0 Å². The number of hydrogen-bond donors (Lipinski definition) is 0. The van der Waals surface area contributed by atoms with E-state index in [1.54, 1.807) is 11.3 Å². The van der Waals surface area contributed by atoms with Gasteiger partial charge in [-0.2, -0.15) is 11.3 Å². The maximum Gasteiger partial charge on any atom is 0.107 e. The van der Waals surface area contributed by atoms with Crippen molar-refractivity contribution in [2.75, 3.05) is 6.54 Å². The highest BCUT2D eigenvalue weighted by atomic mass is 35.5. The van der Waals surface area contributed by atoms with Gasteiger partial charge in [-0.15, -0.1) is 11.6 Å². The average molecular weight is 228 g/mol. The summed E-state index contributed by atoms with van der Waals surface area (Å²) in [5.74, 6) is 0. The van der Waals surface area contributed by atoms with Crippen molar-refractivity contribution in [1.29, 1.82) is 0 Å². The summed E-state index contributed by atoms with van der Waals surface area (Å²) >= 11 is 8.05. The third-order valence-electron chi connectivity index (χ3n) is 2.76. The lowest BCUT2D eigenvalue weighted by atomic mass is 10.2. The van der Waals surface area contributed by atoms with Gasteiger partial charge in [-0.1, -0.05) is 5.57 Å². The molecule has 0 bridgehead atoms. The van der Waals surface area contributed by atoms with E-state index in [0.717, 1.165) is 13.1 Å². The molecule has 0 amide bonds. The van der Waals surface area contributed by atoms with E-state index >= 15 is 0 Å². The van der Waals surface area contributed by atoms with Crippen molar-refractivity contribution >= 4 is 22.9 Å². The molecule has 76 valence electrons. The van der Waals surface area contributed by atoms with Gasteiger partial charge in [0.2, 0.25) is 0 Å². The molecule has 2 rings (SSSR count). The summed E-state index contributed by atoms with van der Waals surface area (Å²) < 4.78 is 0. The Morgan fingerprint density at radius 1 is 1.57 bits per heavy atom. The molecule has 1 unspecified atom stereocenters. The molecule has 0 saturated heterocycles. The first-order valence-corrected chi connectivity index (χ1v) is 6.12. The van der Waals surface area contributed by atoms with Crippen LogP contribution in [0.15, 0.2) is 28.0 Å². The van der Waals surface area contributed by atoms with E-state index in [1.807, 2.05) is 0 Å². The first-order valence-electron chi connectivity index (χ1n) is 4.74. The van der Waals surface area contributed by atoms with Crippen LogP contribution < -0.4 is 0 Å². The van der Waals surface area contributed by atoms with Gasteiger partial charge in [0.05, 0.1) is 0 Å². The van der Waals surface area contributed by atoms with E-state index in [9.17, 15) is 0 Å². The molecule has 0 N–H and O–H groups in total. The molecule has 14 heavy (non-hydrogen) atoms. The van der Waals surface area contributed by atoms with E-state index in [-0.39, 0.29) is 5.50 Å². The monoisotopic (exact) mass is 227 g/mol. The Morgan fingerprint density at radius 3 is 2.86 bits per heavy atom. The molecule has 1 aromatic rings. The second kappa shape index (κ2) is 4.05. The van der Waals surface area contributed by atoms with Gasteiger partial charge in [-0.3, -0.25) is 4.90 Å². The highest BCUT2D eigenvalue weighted by Gasteiger charge is 2.25. The van der Waals surface area contributed by atoms with E-state index in [0.29, 0.717) is 0 Å². The van der Waals surface area contributed by atoms with Crippen LogP contribution in [0.4, 0.5) is 0 Å². The van der Waals surface area contributed by atoms with Crippen LogP contribution in [0.25, 0.3) is 0 Å². The number of alkyl halides is 1. The normalized spacial score (nSPS) is 23.5. The van der Waals surface area contributed by atoms with Crippen LogP contribution in [0.1, 0.15) is 19.4 Å². The number of thiophene rings is 1. The molecule has 1 aliphatic heterocycles. The lowest BCUT2D eigenvalue weighted by Gasteiger charge is -2.20. The summed E-state index contributed by atoms with van der Waals surface area (Å²) in [4.78, 5) is 2.30. The van der Waals surface area contributed by atoms with Crippen molar-refractivity contribution in [3.8, 4) is 0 Å². The summed E-state index contributed by atoms with van der Waals surface area (Å²) in [6.07, 6.45) is 0. The highest BCUT2D eigenvalue weighted by molar-refractivity contribution is 7.07. The minimum absolute atomic E-state index is 0.0925. The topological polar surface area (TPSA) is 3.24 Å². The van der Waals surface area contributed by atoms with Crippen molar-refractivity contribution in [2.45, 2.75) is 25.9 Å². The fourth-order valence-corrected chi connectivity index (χ4v) is 2.72. The second-order valence-electron chi connectivity index (χ2n) is 3.84. The van der Waals surface area contributed by atoms with Crippen molar-refractivity contribution in [2.24, 2.45) is 0 Å². The van der Waals surface area contributed by atoms with Crippen LogP contribution in [0.3, 0.4) is 0 Å². The SMILES string of the molecule is CC1=C(C)C(Cl)N(Cc2ccsc2)C1. The van der Waals surface area contributed by atoms with E-state index in [1.165, 1.54) is 16.7 Å². The number of nitrogens with zero attached hydrogens (tertiary/aromatic N) is 1. The van der Waals surface area contributed by atoms with Crippen LogP contribution in [0, 0.1) is 0 Å². The van der Waals surface area contributed by atoms with Crippen molar-refractivity contribution < 1.29 is 0 Å². The smallest absolute Gasteiger partial charge is 0.107 e. The van der Waals surface area contributed by atoms with E-state index < -0.39 is 0 Å². The predicted molar refractivity (Wildman–Crippen MR) is 62.7 cm³/mol. The zero-order valence-corrected chi connectivity index (χ0v) is 10.0. The summed E-state index contributed by atoms with van der Waals surface area (Å²) in [5, 5.41) is 4.30. The zero-order chi connectivity index (χ0) is 10.1. The average Bonchev–Trinajstić information content (AvgIpc) is 2.73. The number of halogens is 1. The molecule has 1 aromatic heterocycles. The maximum atomic E-state index is 6.31. The Balaban J connectivity index is 2.03. The molecule has 0 aromatic carbocycles. The maximum absolute atomic E-state index is 6.31. The lowest BCUT2D eigenvalue weighted by molar-refractivity contribution is 0.311. The first-order chi connectivity index (χ1) is 6.68. The molecule has 0 aliphatic carbocycles. The van der Waals surface area contributed by atoms with Gasteiger partial charge >= 0.3 is 0 Å². The van der Waals surface area contributed by atoms with Crippen LogP contribution in [-0.4, -0.2) is 16.9 Å². The zero-order valence-electron chi connectivity index (χ0n) is 8.46. The molecule has 0 saturated carbocycles. The van der Waals surface area contributed by atoms with E-state index in [4.69, 9.17) is 11.6 Å². The van der Waals surface area contributed by atoms with Crippen LogP contribution in [0.5, 0.6) is 0 Å². The lowest BCUT2D eigenvalue weighted by Crippen LogP contribution is -2.26. The Hall–Kier alpha value is -0.310. The molecule has 3 heteroatoms. The second-order valence-corrected chi connectivity index (χ2v) is 5.03. The molecule has 0 spiro atoms. The molecule has 1 atom stereocenters. The molecule has 2 heterocycles. The van der Waals surface area contributed by atoms with Gasteiger partial charge in [-0.25, -0.2) is 0 Å². The van der Waals surface area contributed by atoms with Gasteiger partial charge < -0.3 is 0 Å². The van der Waals surface area contributed by atoms with E-state index in [2.05, 4.69) is 35.6 Å². The minimum Gasteiger partial charge on any atom is -0.276 e. The van der Waals surface area contributed by atoms with Gasteiger partial charge in [0.1, 0.15) is 5.50 Å². The van der Waals surface area contributed by atoms with Crippen LogP contribution in [0.2, 0.25) is 0 Å². The molecule has 1 aliphatic rings. The first kappa shape index (κ1) is 10.2. The van der Waals surface area contributed by atoms with Gasteiger partial charge in [0, 0.05) is 13.1 Å². The summed E-state index contributed by atoms with van der Waals surface area (Å²) in [7, 11) is 0. The fourth-order valence-electron chi connectivity index (χ4n) is 1.74. The summed E-state index contributed by atoms with van der Waals surface area (Å²) in [5.41, 5.74) is 4.19. The molecule has 0 radical (unpaired) electrons. The highest BCUT2D eigenvalue weighted by Crippen LogP contribution is 2.28. The number of rotatable bonds is 2. The number of hydrogen-bond acceptors (Lipinski definition) is 2. The van der Waals surface area contributed by atoms with Gasteiger partial charge in [0.25, 0.3) is 0 Å². The van der Waals surface area contributed by atoms with Crippen molar-refractivity contribution in [1.82, 2.24) is 4.90 Å². The fraction of sp³-hybridized carbons (Fsp3) is 0.455. The standard InChI is InChI=1S/C11H14ClNS/c1-8-5-13(11(12)9(8)2)6-10-3-4-14-7-10/h3-4,7,11H,5-6H2,1-2H3. The van der Waals surface area contributed by atoms with Gasteiger partial charge in [-0.05, 0) is 41.8 Å². The third kappa shape index (κ3) is 1.88. The molecule has 1 nitrogen and oxygen atoms in total. The minimum atomic E-state index is 0.0925. The Bertz CT molecular complexity index is 342. The Morgan fingerprint density at radius 2 is 2.36 bits per heavy atom. The van der Waals surface area contributed by atoms with Crippen LogP contribution in [-0.2, 0) is 6.54 Å². The summed E-state index contributed by atoms with van der Waals surface area (Å²) in [6, 6.07) is 2.16. The Kier molecular flexibility index (Phi) is 2.96. The Labute approximate surface area is 94.0 Å². The largest absolute Gasteiger partial charge is 0.276 e. The molecule has 0 fully saturated rings. The third-order valence-corrected chi connectivity index (χ3v) is 4.09. The predicted octanol–water partition coefficient (Wildman–Crippen LogP) is 3.47. The summed E-state index contributed by atoms with van der Waals surface area (Å²) in [6.45, 7) is 6.27. The quantitative estimate of drug-likeness (QED) is 0.425. The molecular formula is C11H14ClNS.